The second-order valence-corrected chi connectivity index (χ2v) is 8.26. The van der Waals surface area contributed by atoms with E-state index in [1.54, 1.807) is 6.07 Å². The van der Waals surface area contributed by atoms with Gasteiger partial charge in [0.15, 0.2) is 0 Å². The van der Waals surface area contributed by atoms with E-state index in [1.165, 1.54) is 17.7 Å². The molecule has 4 rings (SSSR count). The molecule has 0 unspecified atom stereocenters. The van der Waals surface area contributed by atoms with Crippen LogP contribution in [0.3, 0.4) is 0 Å². The number of amides is 1. The van der Waals surface area contributed by atoms with Gasteiger partial charge in [-0.05, 0) is 42.8 Å². The fourth-order valence-electron chi connectivity index (χ4n) is 3.29. The zero-order chi connectivity index (χ0) is 22.8. The van der Waals surface area contributed by atoms with Crippen LogP contribution in [0.25, 0.3) is 22.4 Å². The quantitative estimate of drug-likeness (QED) is 0.206. The van der Waals surface area contributed by atoms with Crippen molar-refractivity contribution in [3.63, 3.8) is 0 Å². The van der Waals surface area contributed by atoms with E-state index in [4.69, 9.17) is 14.3 Å². The summed E-state index contributed by atoms with van der Waals surface area (Å²) < 4.78 is 6.91. The molecule has 0 saturated carbocycles. The molecule has 0 radical (unpaired) electrons. The number of aromatic nitrogens is 2. The number of aryl methyl sites for hydroxylation is 1. The number of carbonyl (C=O) groups excluding carboxylic acids is 1. The Hall–Kier alpha value is -3.56. The van der Waals surface area contributed by atoms with Crippen LogP contribution in [0.15, 0.2) is 64.3 Å². The molecule has 1 aliphatic heterocycles. The van der Waals surface area contributed by atoms with Gasteiger partial charge in [0.25, 0.3) is 0 Å². The second kappa shape index (κ2) is 8.89. The van der Waals surface area contributed by atoms with Gasteiger partial charge in [0, 0.05) is 37.7 Å². The van der Waals surface area contributed by atoms with Gasteiger partial charge in [-0.15, -0.1) is 4.73 Å². The van der Waals surface area contributed by atoms with Crippen LogP contribution in [0.1, 0.15) is 12.5 Å². The average molecular weight is 451 g/mol. The minimum Gasteiger partial charge on any atom is -0.378 e. The highest BCUT2D eigenvalue weighted by atomic mass is 32.2. The Morgan fingerprint density at radius 3 is 2.56 bits per heavy atom. The summed E-state index contributed by atoms with van der Waals surface area (Å²) in [6, 6.07) is 16.3. The van der Waals surface area contributed by atoms with Gasteiger partial charge in [0.1, 0.15) is 11.2 Å². The molecule has 2 aromatic rings. The first-order valence-electron chi connectivity index (χ1n) is 9.86. The molecule has 1 N–H and O–H groups in total. The van der Waals surface area contributed by atoms with Crippen molar-refractivity contribution in [2.45, 2.75) is 18.7 Å². The normalized spacial score (nSPS) is 11.0. The van der Waals surface area contributed by atoms with Crippen LogP contribution < -0.4 is 20.6 Å². The van der Waals surface area contributed by atoms with Gasteiger partial charge in [-0.25, -0.2) is 9.97 Å². The Bertz CT molecular complexity index is 1320. The first-order valence-corrected chi connectivity index (χ1v) is 10.6. The van der Waals surface area contributed by atoms with Crippen molar-refractivity contribution in [1.29, 1.82) is 0 Å². The second-order valence-electron chi connectivity index (χ2n) is 7.49. The molecule has 2 aliphatic rings. The third-order valence-corrected chi connectivity index (χ3v) is 5.41. The fraction of sp³-hybridized carbons (Fsp3) is 0.174. The molecule has 0 atom stereocenters. The number of rotatable bonds is 6. The van der Waals surface area contributed by atoms with Crippen molar-refractivity contribution in [2.75, 3.05) is 24.3 Å². The number of benzene rings is 3. The summed E-state index contributed by atoms with van der Waals surface area (Å²) in [5.41, 5.74) is 3.89. The third-order valence-electron chi connectivity index (χ3n) is 4.82. The smallest absolute Gasteiger partial charge is 0.221 e. The number of hydrogen-bond acceptors (Lipinski definition) is 7. The fourth-order valence-corrected chi connectivity index (χ4v) is 3.73. The average Bonchev–Trinajstić information content (AvgIpc) is 2.75. The number of anilines is 2. The Morgan fingerprint density at radius 2 is 1.88 bits per heavy atom. The minimum atomic E-state index is -0.359. The Balaban J connectivity index is 1.87. The lowest BCUT2D eigenvalue weighted by Gasteiger charge is -2.20. The summed E-state index contributed by atoms with van der Waals surface area (Å²) in [5, 5.41) is 2.55. The van der Waals surface area contributed by atoms with Crippen LogP contribution >= 0.6 is 12.0 Å². The van der Waals surface area contributed by atoms with E-state index in [2.05, 4.69) is 5.32 Å². The molecule has 0 saturated heterocycles. The van der Waals surface area contributed by atoms with Crippen molar-refractivity contribution >= 4 is 40.4 Å². The van der Waals surface area contributed by atoms with Gasteiger partial charge < -0.3 is 10.2 Å². The molecule has 0 aromatic heterocycles. The molecule has 1 heterocycles. The monoisotopic (exact) mass is 450 g/mol. The van der Waals surface area contributed by atoms with Crippen molar-refractivity contribution in [2.24, 2.45) is 0 Å². The Kier molecular flexibility index (Phi) is 6.02. The lowest BCUT2D eigenvalue weighted by atomic mass is 10.1. The van der Waals surface area contributed by atoms with Crippen LogP contribution in [0, 0.1) is 6.92 Å². The standard InChI is InChI=1S/C23H22N4O4S/c1-14-10-16(26(3)4)11-21-23(14)25-18-12-19(24-15(2)28)22(29)13-20(18)27(21)30-31-32-17-8-6-5-7-9-17/h5-13H,1-4H3,(H,24,28). The van der Waals surface area contributed by atoms with Crippen LogP contribution in [0.2, 0.25) is 0 Å². The molecular weight excluding hydrogens is 428 g/mol. The summed E-state index contributed by atoms with van der Waals surface area (Å²) in [4.78, 5) is 37.4. The lowest BCUT2D eigenvalue weighted by Crippen LogP contribution is -2.21. The van der Waals surface area contributed by atoms with Gasteiger partial charge in [-0.3, -0.25) is 9.59 Å². The molecule has 0 bridgehead atoms. The van der Waals surface area contributed by atoms with Crippen LogP contribution in [0.5, 0.6) is 0 Å². The molecule has 32 heavy (non-hydrogen) atoms. The number of nitrogens with one attached hydrogen (secondary N) is 1. The zero-order valence-electron chi connectivity index (χ0n) is 18.1. The maximum absolute atomic E-state index is 12.6. The summed E-state index contributed by atoms with van der Waals surface area (Å²) in [6.45, 7) is 3.30. The molecule has 0 spiro atoms. The van der Waals surface area contributed by atoms with Crippen LogP contribution in [-0.4, -0.2) is 29.7 Å². The lowest BCUT2D eigenvalue weighted by molar-refractivity contribution is -0.187. The van der Waals surface area contributed by atoms with Crippen molar-refractivity contribution < 1.29 is 14.1 Å². The number of hydrogen-bond donors (Lipinski definition) is 1. The highest BCUT2D eigenvalue weighted by Gasteiger charge is 2.20. The van der Waals surface area contributed by atoms with E-state index < -0.39 is 0 Å². The summed E-state index contributed by atoms with van der Waals surface area (Å²) in [7, 11) is 3.88. The molecule has 9 heteroatoms. The molecule has 0 fully saturated rings. The van der Waals surface area contributed by atoms with E-state index in [0.717, 1.165) is 28.2 Å². The predicted molar refractivity (Wildman–Crippen MR) is 126 cm³/mol. The van der Waals surface area contributed by atoms with Gasteiger partial charge in [0.2, 0.25) is 11.3 Å². The SMILES string of the molecule is CC(=O)Nc1cc2nc3c(C)cc(N(C)C)cc3n(OOSc3ccccc3)c-2cc1=O. The molecule has 1 aliphatic carbocycles. The highest BCUT2D eigenvalue weighted by molar-refractivity contribution is 7.94. The molecule has 1 amide bonds. The van der Waals surface area contributed by atoms with E-state index in [1.807, 2.05) is 68.4 Å². The van der Waals surface area contributed by atoms with E-state index in [-0.39, 0.29) is 17.0 Å². The van der Waals surface area contributed by atoms with Gasteiger partial charge >= 0.3 is 0 Å². The van der Waals surface area contributed by atoms with Crippen molar-refractivity contribution in [1.82, 2.24) is 9.71 Å². The number of fused-ring (bicyclic) bond motifs is 2. The minimum absolute atomic E-state index is 0.158. The maximum Gasteiger partial charge on any atom is 0.221 e. The Morgan fingerprint density at radius 1 is 1.12 bits per heavy atom. The third kappa shape index (κ3) is 4.39. The van der Waals surface area contributed by atoms with Crippen LogP contribution in [0.4, 0.5) is 11.4 Å². The number of carbonyl (C=O) groups is 1. The van der Waals surface area contributed by atoms with E-state index >= 15 is 0 Å². The van der Waals surface area contributed by atoms with Crippen molar-refractivity contribution in [3.05, 3.63) is 70.4 Å². The highest BCUT2D eigenvalue weighted by Crippen LogP contribution is 2.31. The van der Waals surface area contributed by atoms with E-state index in [9.17, 15) is 9.59 Å². The summed E-state index contributed by atoms with van der Waals surface area (Å²) in [5.74, 6) is -0.333. The van der Waals surface area contributed by atoms with Gasteiger partial charge in [0.05, 0.1) is 28.9 Å². The topological polar surface area (TPSA) is 85.7 Å². The number of nitrogens with zero attached hydrogens (tertiary/aromatic N) is 3. The zero-order valence-corrected chi connectivity index (χ0v) is 18.9. The predicted octanol–water partition coefficient (Wildman–Crippen LogP) is 3.90. The molecular formula is C23H22N4O4S. The van der Waals surface area contributed by atoms with E-state index in [0.29, 0.717) is 22.4 Å². The Labute approximate surface area is 189 Å². The molecule has 8 nitrogen and oxygen atoms in total. The summed E-state index contributed by atoms with van der Waals surface area (Å²) >= 11 is 1.05. The first kappa shape index (κ1) is 21.7. The maximum atomic E-state index is 12.6. The molecule has 164 valence electrons. The summed E-state index contributed by atoms with van der Waals surface area (Å²) in [6.07, 6.45) is 0. The van der Waals surface area contributed by atoms with Crippen molar-refractivity contribution in [3.8, 4) is 11.4 Å². The molecule has 2 aromatic carbocycles. The van der Waals surface area contributed by atoms with Gasteiger partial charge in [-0.1, -0.05) is 22.5 Å². The largest absolute Gasteiger partial charge is 0.378 e. The van der Waals surface area contributed by atoms with Crippen LogP contribution in [-0.2, 0) is 9.13 Å². The van der Waals surface area contributed by atoms with Gasteiger partial charge in [-0.2, -0.15) is 0 Å². The first-order chi connectivity index (χ1) is 15.3.